The fraction of sp³-hybridized carbons (Fsp3) is 0.417. The number of methoxy groups -OCH3 is 4. The first kappa shape index (κ1) is 34.1. The van der Waals surface area contributed by atoms with Crippen LogP contribution >= 0.6 is 0 Å². The number of para-hydroxylation sites is 1. The molecule has 0 fully saturated rings. The van der Waals surface area contributed by atoms with E-state index >= 15 is 0 Å². The zero-order valence-corrected chi connectivity index (χ0v) is 27.7. The van der Waals surface area contributed by atoms with Crippen molar-refractivity contribution in [3.05, 3.63) is 75.4 Å². The lowest BCUT2D eigenvalue weighted by Gasteiger charge is -2.24. The summed E-state index contributed by atoms with van der Waals surface area (Å²) in [4.78, 5) is 39.7. The molecule has 3 atom stereocenters. The minimum Gasteiger partial charge on any atom is -0.496 e. The number of fused-ring (bicyclic) bond motifs is 3. The second-order valence-corrected chi connectivity index (χ2v) is 11.5. The van der Waals surface area contributed by atoms with Crippen molar-refractivity contribution in [2.24, 2.45) is 5.92 Å². The van der Waals surface area contributed by atoms with Crippen molar-refractivity contribution in [2.75, 3.05) is 40.3 Å². The van der Waals surface area contributed by atoms with Crippen LogP contribution in [0.4, 0.5) is 5.69 Å². The van der Waals surface area contributed by atoms with Gasteiger partial charge in [-0.2, -0.15) is 0 Å². The monoisotopic (exact) mass is 631 g/mol. The van der Waals surface area contributed by atoms with Gasteiger partial charge in [0.15, 0.2) is 11.5 Å². The maximum atomic E-state index is 13.9. The summed E-state index contributed by atoms with van der Waals surface area (Å²) in [6, 6.07) is 13.6. The number of carbonyl (C=O) groups excluding carboxylic acids is 2. The van der Waals surface area contributed by atoms with Crippen LogP contribution in [0.25, 0.3) is 11.1 Å². The van der Waals surface area contributed by atoms with Gasteiger partial charge in [-0.1, -0.05) is 44.5 Å². The van der Waals surface area contributed by atoms with Crippen molar-refractivity contribution in [2.45, 2.75) is 58.5 Å². The van der Waals surface area contributed by atoms with E-state index in [1.165, 1.54) is 6.92 Å². The Morgan fingerprint density at radius 2 is 1.65 bits per heavy atom. The van der Waals surface area contributed by atoms with Gasteiger partial charge in [-0.05, 0) is 71.7 Å². The van der Waals surface area contributed by atoms with Crippen molar-refractivity contribution in [3.8, 4) is 34.1 Å². The molecule has 0 unspecified atom stereocenters. The van der Waals surface area contributed by atoms with E-state index in [4.69, 9.17) is 18.9 Å². The molecule has 46 heavy (non-hydrogen) atoms. The maximum Gasteiger partial charge on any atom is 0.242 e. The predicted molar refractivity (Wildman–Crippen MR) is 179 cm³/mol. The quantitative estimate of drug-likeness (QED) is 0.239. The molecule has 3 aromatic carbocycles. The van der Waals surface area contributed by atoms with Crippen LogP contribution in [0.3, 0.4) is 0 Å². The Labute approximate surface area is 270 Å². The summed E-state index contributed by atoms with van der Waals surface area (Å²) in [5.74, 6) is 1.73. The lowest BCUT2D eigenvalue weighted by Crippen LogP contribution is -2.45. The van der Waals surface area contributed by atoms with E-state index in [-0.39, 0.29) is 28.8 Å². The van der Waals surface area contributed by atoms with Gasteiger partial charge in [0.25, 0.3) is 0 Å². The van der Waals surface area contributed by atoms with Crippen molar-refractivity contribution >= 4 is 17.5 Å². The van der Waals surface area contributed by atoms with Gasteiger partial charge in [-0.3, -0.25) is 14.4 Å². The highest BCUT2D eigenvalue weighted by atomic mass is 16.5. The number of amides is 2. The lowest BCUT2D eigenvalue weighted by molar-refractivity contribution is -0.123. The number of hydrogen-bond acceptors (Lipinski definition) is 8. The second-order valence-electron chi connectivity index (χ2n) is 11.5. The van der Waals surface area contributed by atoms with Gasteiger partial charge in [-0.15, -0.1) is 0 Å². The van der Waals surface area contributed by atoms with E-state index in [9.17, 15) is 14.4 Å². The van der Waals surface area contributed by atoms with Crippen molar-refractivity contribution in [3.63, 3.8) is 0 Å². The van der Waals surface area contributed by atoms with Crippen LogP contribution in [0.5, 0.6) is 23.0 Å². The Balaban J connectivity index is 1.75. The summed E-state index contributed by atoms with van der Waals surface area (Å²) in [6.45, 7) is 5.86. The van der Waals surface area contributed by atoms with Gasteiger partial charge < -0.3 is 34.9 Å². The molecule has 0 spiro atoms. The SMILES string of the molecule is CC[C@H](C)[C@H](Nc1ccc2c(cc1=O)[C@H](NC(C)=O)CCc1cc(OC)c(OC)c(OC)c1-2)C(=O)NCCc1ccccc1OC. The highest BCUT2D eigenvalue weighted by Gasteiger charge is 2.30. The van der Waals surface area contributed by atoms with Crippen LogP contribution in [0.2, 0.25) is 0 Å². The van der Waals surface area contributed by atoms with E-state index in [0.717, 1.165) is 34.4 Å². The number of carbonyl (C=O) groups is 2. The summed E-state index contributed by atoms with van der Waals surface area (Å²) in [6.07, 6.45) is 2.47. The van der Waals surface area contributed by atoms with Gasteiger partial charge in [0.2, 0.25) is 23.0 Å². The number of rotatable bonds is 13. The topological polar surface area (TPSA) is 124 Å². The lowest BCUT2D eigenvalue weighted by atomic mass is 9.95. The van der Waals surface area contributed by atoms with Crippen LogP contribution in [0.1, 0.15) is 56.3 Å². The Kier molecular flexibility index (Phi) is 11.5. The molecule has 2 amide bonds. The van der Waals surface area contributed by atoms with E-state index in [1.54, 1.807) is 40.6 Å². The first-order chi connectivity index (χ1) is 22.2. The number of anilines is 1. The number of aryl methyl sites for hydroxylation is 1. The summed E-state index contributed by atoms with van der Waals surface area (Å²) in [5, 5.41) is 9.33. The molecule has 10 nitrogen and oxygen atoms in total. The van der Waals surface area contributed by atoms with E-state index in [2.05, 4.69) is 16.0 Å². The highest BCUT2D eigenvalue weighted by molar-refractivity contribution is 5.86. The van der Waals surface area contributed by atoms with Gasteiger partial charge in [0, 0.05) is 19.0 Å². The summed E-state index contributed by atoms with van der Waals surface area (Å²) < 4.78 is 22.6. The van der Waals surface area contributed by atoms with Gasteiger partial charge in [0.05, 0.1) is 40.2 Å². The molecule has 4 rings (SSSR count). The van der Waals surface area contributed by atoms with Crippen LogP contribution in [-0.4, -0.2) is 52.8 Å². The minimum absolute atomic E-state index is 0.0707. The smallest absolute Gasteiger partial charge is 0.242 e. The first-order valence-corrected chi connectivity index (χ1v) is 15.6. The van der Waals surface area contributed by atoms with E-state index in [1.807, 2.05) is 50.2 Å². The third-order valence-corrected chi connectivity index (χ3v) is 8.61. The number of nitrogens with one attached hydrogen (secondary N) is 3. The first-order valence-electron chi connectivity index (χ1n) is 15.6. The molecule has 0 aromatic heterocycles. The molecule has 1 aliphatic carbocycles. The molecule has 0 saturated carbocycles. The predicted octanol–water partition coefficient (Wildman–Crippen LogP) is 5.06. The molecule has 0 radical (unpaired) electrons. The number of hydrogen-bond donors (Lipinski definition) is 3. The second kappa shape index (κ2) is 15.5. The fourth-order valence-electron chi connectivity index (χ4n) is 6.04. The molecule has 0 aliphatic heterocycles. The van der Waals surface area contributed by atoms with Crippen LogP contribution in [0.15, 0.2) is 53.3 Å². The largest absolute Gasteiger partial charge is 0.496 e. The van der Waals surface area contributed by atoms with Gasteiger partial charge >= 0.3 is 0 Å². The molecule has 10 heteroatoms. The molecule has 246 valence electrons. The minimum atomic E-state index is -0.658. The standard InChI is InChI=1S/C36H45N3O7/c1-8-21(2)33(36(42)37-18-17-23-11-9-10-12-30(23)43-4)39-28-16-14-25-26(20-29(28)41)27(38-22(3)40)15-13-24-19-31(44-5)34(45-6)35(46-7)32(24)25/h9-12,14,16,19-21,27,33H,8,13,15,17-18H2,1-7H3,(H,37,42)(H,38,40)(H,39,41)/t21-,27+,33-/m0/s1. The maximum absolute atomic E-state index is 13.9. The van der Waals surface area contributed by atoms with Crippen LogP contribution in [0, 0.1) is 5.92 Å². The van der Waals surface area contributed by atoms with Crippen molar-refractivity contribution in [1.82, 2.24) is 10.6 Å². The molecule has 3 aromatic rings. The van der Waals surface area contributed by atoms with Crippen LogP contribution in [-0.2, 0) is 22.4 Å². The van der Waals surface area contributed by atoms with Gasteiger partial charge in [0.1, 0.15) is 11.8 Å². The zero-order chi connectivity index (χ0) is 33.4. The summed E-state index contributed by atoms with van der Waals surface area (Å²) >= 11 is 0. The molecule has 0 saturated heterocycles. The summed E-state index contributed by atoms with van der Waals surface area (Å²) in [5.41, 5.74) is 4.04. The Morgan fingerprint density at radius 1 is 0.935 bits per heavy atom. The third-order valence-electron chi connectivity index (χ3n) is 8.61. The molecule has 3 N–H and O–H groups in total. The number of benzene rings is 2. The Bertz CT molecular complexity index is 1620. The zero-order valence-electron chi connectivity index (χ0n) is 27.7. The van der Waals surface area contributed by atoms with Gasteiger partial charge in [-0.25, -0.2) is 0 Å². The summed E-state index contributed by atoms with van der Waals surface area (Å²) in [7, 11) is 6.30. The Hall–Kier alpha value is -4.73. The third kappa shape index (κ3) is 7.38. The van der Waals surface area contributed by atoms with Crippen molar-refractivity contribution < 1.29 is 28.5 Å². The van der Waals surface area contributed by atoms with E-state index in [0.29, 0.717) is 48.6 Å². The molecule has 0 heterocycles. The highest BCUT2D eigenvalue weighted by Crippen LogP contribution is 2.50. The fourth-order valence-corrected chi connectivity index (χ4v) is 6.04. The molecular formula is C36H45N3O7. The molecular weight excluding hydrogens is 586 g/mol. The Morgan fingerprint density at radius 3 is 2.30 bits per heavy atom. The van der Waals surface area contributed by atoms with Crippen molar-refractivity contribution in [1.29, 1.82) is 0 Å². The molecule has 1 aliphatic rings. The molecule has 0 bridgehead atoms. The van der Waals surface area contributed by atoms with Crippen LogP contribution < -0.4 is 40.3 Å². The average molecular weight is 632 g/mol. The normalized spacial score (nSPS) is 14.8. The number of ether oxygens (including phenoxy) is 4. The average Bonchev–Trinajstić information content (AvgIpc) is 3.30. The van der Waals surface area contributed by atoms with E-state index < -0.39 is 12.1 Å².